The van der Waals surface area contributed by atoms with Gasteiger partial charge in [-0.15, -0.1) is 17.7 Å². The summed E-state index contributed by atoms with van der Waals surface area (Å²) >= 11 is 0. The molecule has 1 aliphatic rings. The van der Waals surface area contributed by atoms with Crippen LogP contribution in [-0.2, 0) is 27.1 Å². The predicted molar refractivity (Wildman–Crippen MR) is 105 cm³/mol. The van der Waals surface area contributed by atoms with E-state index in [-0.39, 0.29) is 64.4 Å². The molecule has 0 unspecified atom stereocenters. The van der Waals surface area contributed by atoms with Crippen molar-refractivity contribution in [3.63, 3.8) is 0 Å². The first-order valence-corrected chi connectivity index (χ1v) is 8.78. The number of hydrogen-bond acceptors (Lipinski definition) is 0. The molecule has 0 saturated heterocycles. The second kappa shape index (κ2) is 12.4. The molecule has 0 bridgehead atoms. The number of allylic oxidation sites excluding steroid dienone is 4. The Labute approximate surface area is 207 Å². The van der Waals surface area contributed by atoms with Gasteiger partial charge in [0.25, 0.3) is 0 Å². The van der Waals surface area contributed by atoms with Gasteiger partial charge >= 0.3 is 21.7 Å². The molecule has 0 fully saturated rings. The first-order chi connectivity index (χ1) is 12.3. The fourth-order valence-electron chi connectivity index (χ4n) is 3.82. The van der Waals surface area contributed by atoms with E-state index in [0.29, 0.717) is 0 Å². The van der Waals surface area contributed by atoms with Crippen LogP contribution in [0.4, 0.5) is 0 Å². The predicted octanol–water partition coefficient (Wildman–Crippen LogP) is -2.78. The van der Waals surface area contributed by atoms with Gasteiger partial charge < -0.3 is 37.2 Å². The number of benzene rings is 3. The zero-order chi connectivity index (χ0) is 17.1. The van der Waals surface area contributed by atoms with Crippen molar-refractivity contribution in [3.8, 4) is 0 Å². The molecule has 0 radical (unpaired) electrons. The zero-order valence-corrected chi connectivity index (χ0v) is 19.9. The fourth-order valence-corrected chi connectivity index (χ4v) is 3.82. The van der Waals surface area contributed by atoms with Crippen LogP contribution >= 0.6 is 0 Å². The van der Waals surface area contributed by atoms with E-state index >= 15 is 0 Å². The van der Waals surface area contributed by atoms with Crippen molar-refractivity contribution in [2.45, 2.75) is 18.8 Å². The molecule has 0 aromatic heterocycles. The van der Waals surface area contributed by atoms with E-state index in [2.05, 4.69) is 110 Å². The molecular formula is C25H21Cl3Ti. The maximum atomic E-state index is 3.52. The van der Waals surface area contributed by atoms with Crippen molar-refractivity contribution in [1.29, 1.82) is 0 Å². The van der Waals surface area contributed by atoms with E-state index < -0.39 is 0 Å². The van der Waals surface area contributed by atoms with Crippen molar-refractivity contribution < 1.29 is 58.9 Å². The zero-order valence-electron chi connectivity index (χ0n) is 16.1. The van der Waals surface area contributed by atoms with Gasteiger partial charge in [-0.25, -0.2) is 0 Å². The third-order valence-electron chi connectivity index (χ3n) is 5.22. The smallest absolute Gasteiger partial charge is 1.00 e. The first kappa shape index (κ1) is 27.7. The van der Waals surface area contributed by atoms with Crippen LogP contribution in [0.1, 0.15) is 30.0 Å². The van der Waals surface area contributed by atoms with Crippen LogP contribution < -0.4 is 37.2 Å². The summed E-state index contributed by atoms with van der Waals surface area (Å²) in [5.74, 6) is 0. The molecule has 3 aromatic rings. The van der Waals surface area contributed by atoms with Crippen molar-refractivity contribution in [2.75, 3.05) is 0 Å². The molecule has 0 atom stereocenters. The monoisotopic (exact) mass is 474 g/mol. The van der Waals surface area contributed by atoms with Crippen LogP contribution in [0.15, 0.2) is 103 Å². The van der Waals surface area contributed by atoms with Gasteiger partial charge in [-0.1, -0.05) is 92.2 Å². The normalized spacial score (nSPS) is 12.2. The molecule has 0 heterocycles. The van der Waals surface area contributed by atoms with Crippen molar-refractivity contribution in [3.05, 3.63) is 125 Å². The number of halogens is 3. The summed E-state index contributed by atoms with van der Waals surface area (Å²) in [6, 6.07) is 32.3. The van der Waals surface area contributed by atoms with Gasteiger partial charge in [-0.05, 0) is 16.5 Å². The molecule has 4 heteroatoms. The van der Waals surface area contributed by atoms with Crippen molar-refractivity contribution in [1.82, 2.24) is 0 Å². The maximum Gasteiger partial charge on any atom is 4.00 e. The van der Waals surface area contributed by atoms with E-state index in [9.17, 15) is 0 Å². The van der Waals surface area contributed by atoms with Crippen LogP contribution in [-0.4, -0.2) is 0 Å². The Morgan fingerprint density at radius 1 is 0.655 bits per heavy atom. The average Bonchev–Trinajstić information content (AvgIpc) is 3.20. The topological polar surface area (TPSA) is 0 Å². The van der Waals surface area contributed by atoms with E-state index in [0.717, 1.165) is 6.42 Å². The minimum absolute atomic E-state index is 0. The van der Waals surface area contributed by atoms with Crippen LogP contribution in [0, 0.1) is 6.08 Å². The van der Waals surface area contributed by atoms with Crippen LogP contribution in [0.3, 0.4) is 0 Å². The van der Waals surface area contributed by atoms with Gasteiger partial charge in [-0.2, -0.15) is 23.3 Å². The molecule has 0 aliphatic heterocycles. The van der Waals surface area contributed by atoms with Crippen LogP contribution in [0.5, 0.6) is 0 Å². The van der Waals surface area contributed by atoms with Crippen molar-refractivity contribution >= 4 is 5.57 Å². The maximum absolute atomic E-state index is 3.52. The van der Waals surface area contributed by atoms with Gasteiger partial charge in [0.15, 0.2) is 0 Å². The molecular weight excluding hydrogens is 455 g/mol. The van der Waals surface area contributed by atoms with Crippen molar-refractivity contribution in [2.24, 2.45) is 0 Å². The first-order valence-electron chi connectivity index (χ1n) is 8.78. The Morgan fingerprint density at radius 3 is 1.52 bits per heavy atom. The quantitative estimate of drug-likeness (QED) is 0.283. The van der Waals surface area contributed by atoms with E-state index in [1.807, 2.05) is 0 Å². The standard InChI is InChI=1S/C25H21.3ClH.Ti/c1-25(21-14-7-3-8-15-21,22-16-9-4-10-17-22)24-19-11-18-23(24)20-12-5-2-6-13-20;;;;/h2-17H,19H2,1H3;3*1H;/q-1;;;;+4/p-3. The third kappa shape index (κ3) is 5.45. The summed E-state index contributed by atoms with van der Waals surface area (Å²) in [4.78, 5) is 0. The average molecular weight is 476 g/mol. The summed E-state index contributed by atoms with van der Waals surface area (Å²) in [7, 11) is 0. The summed E-state index contributed by atoms with van der Waals surface area (Å²) < 4.78 is 0. The molecule has 146 valence electrons. The second-order valence-electron chi connectivity index (χ2n) is 6.63. The van der Waals surface area contributed by atoms with Gasteiger partial charge in [0.2, 0.25) is 0 Å². The molecule has 0 nitrogen and oxygen atoms in total. The molecule has 29 heavy (non-hydrogen) atoms. The van der Waals surface area contributed by atoms with Gasteiger partial charge in [-0.3, -0.25) is 0 Å². The van der Waals surface area contributed by atoms with Crippen LogP contribution in [0.25, 0.3) is 5.57 Å². The third-order valence-corrected chi connectivity index (χ3v) is 5.22. The van der Waals surface area contributed by atoms with Gasteiger partial charge in [0.05, 0.1) is 0 Å². The Kier molecular flexibility index (Phi) is 11.9. The second-order valence-corrected chi connectivity index (χ2v) is 6.63. The SMILES string of the molecule is CC(C1=C(c2ccccc2)[C-]=CC1)(c1ccccc1)c1ccccc1.[Cl-].[Cl-].[Cl-].[Ti+4]. The minimum Gasteiger partial charge on any atom is -1.00 e. The molecule has 1 aliphatic carbocycles. The Morgan fingerprint density at radius 2 is 1.07 bits per heavy atom. The molecule has 3 aromatic carbocycles. The summed E-state index contributed by atoms with van der Waals surface area (Å²) in [5.41, 5.74) is 6.35. The molecule has 0 N–H and O–H groups in total. The van der Waals surface area contributed by atoms with Crippen LogP contribution in [0.2, 0.25) is 0 Å². The molecule has 0 saturated carbocycles. The summed E-state index contributed by atoms with van der Waals surface area (Å²) in [5, 5.41) is 0. The number of hydrogen-bond donors (Lipinski definition) is 0. The van der Waals surface area contributed by atoms with Gasteiger partial charge in [0.1, 0.15) is 0 Å². The molecule has 4 rings (SSSR count). The van der Waals surface area contributed by atoms with Gasteiger partial charge in [0, 0.05) is 0 Å². The van der Waals surface area contributed by atoms with E-state index in [4.69, 9.17) is 0 Å². The fraction of sp³-hybridized carbons (Fsp3) is 0.120. The molecule has 0 amide bonds. The minimum atomic E-state index is -0.173. The largest absolute Gasteiger partial charge is 4.00 e. The Hall–Kier alpha value is -1.28. The summed E-state index contributed by atoms with van der Waals surface area (Å²) in [6.45, 7) is 2.34. The molecule has 0 spiro atoms. The van der Waals surface area contributed by atoms with E-state index in [1.54, 1.807) is 0 Å². The Bertz CT molecular complexity index is 881. The number of rotatable bonds is 4. The summed E-state index contributed by atoms with van der Waals surface area (Å²) in [6.07, 6.45) is 6.63. The van der Waals surface area contributed by atoms with E-state index in [1.165, 1.54) is 27.8 Å². The Balaban J connectivity index is 0.00000196.